The van der Waals surface area contributed by atoms with Crippen LogP contribution in [0.15, 0.2) is 30.3 Å². The Morgan fingerprint density at radius 2 is 2.00 bits per heavy atom. The lowest BCUT2D eigenvalue weighted by molar-refractivity contribution is 0.294. The first kappa shape index (κ1) is 15.8. The minimum absolute atomic E-state index is 0.104. The summed E-state index contributed by atoms with van der Waals surface area (Å²) in [6.45, 7) is 4.92. The summed E-state index contributed by atoms with van der Waals surface area (Å²) in [7, 11) is 0. The highest BCUT2D eigenvalue weighted by molar-refractivity contribution is 5.19. The lowest BCUT2D eigenvalue weighted by atomic mass is 9.87. The van der Waals surface area contributed by atoms with Crippen LogP contribution in [0.2, 0.25) is 0 Å². The van der Waals surface area contributed by atoms with Crippen molar-refractivity contribution >= 4 is 0 Å². The molecule has 19 heavy (non-hydrogen) atoms. The molecule has 0 aromatic heterocycles. The van der Waals surface area contributed by atoms with Gasteiger partial charge in [-0.2, -0.15) is 0 Å². The zero-order valence-corrected chi connectivity index (χ0v) is 12.2. The summed E-state index contributed by atoms with van der Waals surface area (Å²) in [4.78, 5) is 0. The van der Waals surface area contributed by atoms with Gasteiger partial charge in [-0.1, -0.05) is 56.5 Å². The molecule has 0 aliphatic rings. The van der Waals surface area contributed by atoms with Gasteiger partial charge in [0.1, 0.15) is 0 Å². The lowest BCUT2D eigenvalue weighted by Gasteiger charge is -2.35. The molecule has 0 heterocycles. The van der Waals surface area contributed by atoms with Crippen molar-refractivity contribution < 1.29 is 0 Å². The van der Waals surface area contributed by atoms with Crippen LogP contribution in [0.1, 0.15) is 38.7 Å². The minimum Gasteiger partial charge on any atom is -0.329 e. The average molecular weight is 258 g/mol. The van der Waals surface area contributed by atoms with E-state index in [1.165, 1.54) is 5.56 Å². The summed E-state index contributed by atoms with van der Waals surface area (Å²) >= 11 is 0. The first-order valence-electron chi connectivity index (χ1n) is 7.17. The van der Waals surface area contributed by atoms with Crippen LogP contribution in [0.25, 0.3) is 0 Å². The molecule has 1 rings (SSSR count). The number of nitrogens with two attached hydrogens (primary N) is 1. The van der Waals surface area contributed by atoms with E-state index in [-0.39, 0.29) is 11.6 Å². The third-order valence-electron chi connectivity index (χ3n) is 3.71. The fourth-order valence-corrected chi connectivity index (χ4v) is 2.40. The number of hydrogen-bond acceptors (Lipinski definition) is 2. The van der Waals surface area contributed by atoms with E-state index in [0.29, 0.717) is 6.54 Å². The highest BCUT2D eigenvalue weighted by atomic mass is 15.0. The molecule has 0 aliphatic heterocycles. The fourth-order valence-electron chi connectivity index (χ4n) is 2.40. The van der Waals surface area contributed by atoms with Gasteiger partial charge in [0, 0.05) is 12.1 Å². The number of hydrogen-bond donors (Lipinski definition) is 2. The molecule has 0 radical (unpaired) electrons. The van der Waals surface area contributed by atoms with E-state index < -0.39 is 0 Å². The van der Waals surface area contributed by atoms with Gasteiger partial charge in [0.15, 0.2) is 0 Å². The normalized spacial score (nSPS) is 15.5. The topological polar surface area (TPSA) is 38.0 Å². The summed E-state index contributed by atoms with van der Waals surface area (Å²) in [5.41, 5.74) is 7.23. The Morgan fingerprint density at radius 3 is 2.47 bits per heavy atom. The van der Waals surface area contributed by atoms with Crippen LogP contribution in [0.5, 0.6) is 0 Å². The molecule has 0 spiro atoms. The lowest BCUT2D eigenvalue weighted by Crippen LogP contribution is -2.56. The van der Waals surface area contributed by atoms with Crippen LogP contribution in [-0.2, 0) is 6.42 Å². The Hall–Kier alpha value is -1.30. The Balaban J connectivity index is 2.81. The van der Waals surface area contributed by atoms with Crippen molar-refractivity contribution in [3.05, 3.63) is 35.9 Å². The van der Waals surface area contributed by atoms with E-state index in [2.05, 4.69) is 49.4 Å². The van der Waals surface area contributed by atoms with Crippen molar-refractivity contribution in [2.24, 2.45) is 5.73 Å². The first-order chi connectivity index (χ1) is 9.19. The first-order valence-corrected chi connectivity index (χ1v) is 7.17. The van der Waals surface area contributed by atoms with Gasteiger partial charge in [0.05, 0.1) is 6.04 Å². The zero-order chi connectivity index (χ0) is 14.1. The van der Waals surface area contributed by atoms with Crippen molar-refractivity contribution in [1.82, 2.24) is 5.32 Å². The van der Waals surface area contributed by atoms with Gasteiger partial charge in [0.25, 0.3) is 0 Å². The summed E-state index contributed by atoms with van der Waals surface area (Å²) in [6.07, 6.45) is 9.58. The smallest absolute Gasteiger partial charge is 0.0691 e. The summed E-state index contributed by atoms with van der Waals surface area (Å²) < 4.78 is 0. The van der Waals surface area contributed by atoms with Crippen LogP contribution in [0, 0.1) is 12.3 Å². The van der Waals surface area contributed by atoms with Gasteiger partial charge in [0.2, 0.25) is 0 Å². The number of benzene rings is 1. The Labute approximate surface area is 117 Å². The van der Waals surface area contributed by atoms with E-state index in [9.17, 15) is 0 Å². The van der Waals surface area contributed by atoms with Gasteiger partial charge in [-0.15, -0.1) is 6.42 Å². The van der Waals surface area contributed by atoms with Gasteiger partial charge in [-0.25, -0.2) is 0 Å². The second kappa shape index (κ2) is 7.99. The van der Waals surface area contributed by atoms with Crippen LogP contribution < -0.4 is 11.1 Å². The van der Waals surface area contributed by atoms with E-state index in [1.54, 1.807) is 0 Å². The zero-order valence-electron chi connectivity index (χ0n) is 12.2. The summed E-state index contributed by atoms with van der Waals surface area (Å²) in [5.74, 6) is 2.85. The molecular formula is C17H26N2. The predicted octanol–water partition coefficient (Wildman–Crippen LogP) is 2.73. The van der Waals surface area contributed by atoms with Gasteiger partial charge in [-0.05, 0) is 24.8 Å². The molecule has 2 heteroatoms. The van der Waals surface area contributed by atoms with Crippen LogP contribution >= 0.6 is 0 Å². The Morgan fingerprint density at radius 1 is 1.32 bits per heavy atom. The molecule has 2 nitrogen and oxygen atoms in total. The maximum Gasteiger partial charge on any atom is 0.0691 e. The van der Waals surface area contributed by atoms with Crippen molar-refractivity contribution in [2.45, 2.75) is 51.1 Å². The molecule has 0 bridgehead atoms. The number of nitrogens with one attached hydrogen (secondary N) is 1. The molecule has 1 aromatic rings. The second-order valence-corrected chi connectivity index (χ2v) is 5.15. The number of terminal acetylenes is 1. The fraction of sp³-hybridized carbons (Fsp3) is 0.529. The van der Waals surface area contributed by atoms with Gasteiger partial charge in [-0.3, -0.25) is 5.32 Å². The second-order valence-electron chi connectivity index (χ2n) is 5.15. The van der Waals surface area contributed by atoms with E-state index in [1.807, 2.05) is 6.07 Å². The standard InChI is InChI=1S/C17H26N2/c1-4-10-16(5-2)19-17(6-3,14-18)13-15-11-8-7-9-12-15/h2,7-9,11-12,16,19H,4,6,10,13-14,18H2,1,3H3. The third-order valence-corrected chi connectivity index (χ3v) is 3.71. The average Bonchev–Trinajstić information content (AvgIpc) is 2.47. The van der Waals surface area contributed by atoms with Crippen molar-refractivity contribution in [3.63, 3.8) is 0 Å². The molecule has 0 amide bonds. The molecule has 2 unspecified atom stereocenters. The third kappa shape index (κ3) is 4.70. The van der Waals surface area contributed by atoms with E-state index in [0.717, 1.165) is 25.7 Å². The Kier molecular flexibility index (Phi) is 6.62. The molecule has 0 fully saturated rings. The Bertz CT molecular complexity index is 387. The van der Waals surface area contributed by atoms with Crippen LogP contribution in [0.3, 0.4) is 0 Å². The van der Waals surface area contributed by atoms with E-state index >= 15 is 0 Å². The van der Waals surface area contributed by atoms with E-state index in [4.69, 9.17) is 12.2 Å². The molecule has 0 saturated heterocycles. The quantitative estimate of drug-likeness (QED) is 0.704. The minimum atomic E-state index is -0.104. The molecule has 0 saturated carbocycles. The maximum absolute atomic E-state index is 6.03. The predicted molar refractivity (Wildman–Crippen MR) is 82.9 cm³/mol. The molecule has 1 aromatic carbocycles. The molecule has 3 N–H and O–H groups in total. The molecule has 2 atom stereocenters. The number of rotatable bonds is 8. The van der Waals surface area contributed by atoms with Crippen molar-refractivity contribution in [1.29, 1.82) is 0 Å². The molecule has 104 valence electrons. The van der Waals surface area contributed by atoms with Crippen LogP contribution in [0.4, 0.5) is 0 Å². The summed E-state index contributed by atoms with van der Waals surface area (Å²) in [6, 6.07) is 10.6. The maximum atomic E-state index is 6.03. The molecular weight excluding hydrogens is 232 g/mol. The van der Waals surface area contributed by atoms with Gasteiger partial charge < -0.3 is 5.73 Å². The highest BCUT2D eigenvalue weighted by Gasteiger charge is 2.28. The van der Waals surface area contributed by atoms with Crippen molar-refractivity contribution in [3.8, 4) is 12.3 Å². The summed E-state index contributed by atoms with van der Waals surface area (Å²) in [5, 5.41) is 3.60. The van der Waals surface area contributed by atoms with Gasteiger partial charge >= 0.3 is 0 Å². The molecule has 0 aliphatic carbocycles. The van der Waals surface area contributed by atoms with Crippen molar-refractivity contribution in [2.75, 3.05) is 6.54 Å². The highest BCUT2D eigenvalue weighted by Crippen LogP contribution is 2.18. The SMILES string of the molecule is C#CC(CCC)NC(CC)(CN)Cc1ccccc1. The largest absolute Gasteiger partial charge is 0.329 e. The van der Waals surface area contributed by atoms with Crippen LogP contribution in [-0.4, -0.2) is 18.1 Å². The monoisotopic (exact) mass is 258 g/mol.